The number of benzene rings is 1. The van der Waals surface area contributed by atoms with Gasteiger partial charge in [0.2, 0.25) is 0 Å². The van der Waals surface area contributed by atoms with Crippen molar-refractivity contribution in [1.29, 1.82) is 0 Å². The minimum atomic E-state index is -4.37. The Bertz CT molecular complexity index is 476. The molecular weight excluding hydrogens is 281 g/mol. The predicted octanol–water partition coefficient (Wildman–Crippen LogP) is 2.63. The number of nitrogens with zero attached hydrogens (tertiary/aromatic N) is 1. The summed E-state index contributed by atoms with van der Waals surface area (Å²) in [5, 5.41) is 12.2. The minimum Gasteiger partial charge on any atom is -0.396 e. The molecule has 118 valence electrons. The van der Waals surface area contributed by atoms with Gasteiger partial charge in [0.1, 0.15) is 0 Å². The number of aliphatic hydroxyl groups is 1. The number of hydrogen-bond acceptors (Lipinski definition) is 3. The third-order valence-electron chi connectivity index (χ3n) is 3.83. The Morgan fingerprint density at radius 1 is 1.38 bits per heavy atom. The third kappa shape index (κ3) is 3.89. The van der Waals surface area contributed by atoms with Crippen LogP contribution >= 0.6 is 0 Å². The molecule has 1 aliphatic heterocycles. The molecule has 1 aromatic carbocycles. The van der Waals surface area contributed by atoms with Crippen LogP contribution in [0.4, 0.5) is 18.9 Å². The molecule has 1 heterocycles. The van der Waals surface area contributed by atoms with E-state index in [1.807, 2.05) is 6.92 Å². The van der Waals surface area contributed by atoms with Crippen molar-refractivity contribution in [2.24, 2.45) is 5.92 Å². The van der Waals surface area contributed by atoms with E-state index in [9.17, 15) is 13.2 Å². The van der Waals surface area contributed by atoms with Gasteiger partial charge in [-0.1, -0.05) is 13.0 Å². The minimum absolute atomic E-state index is 0.0242. The summed E-state index contributed by atoms with van der Waals surface area (Å²) in [7, 11) is 0. The van der Waals surface area contributed by atoms with Crippen LogP contribution in [0, 0.1) is 5.92 Å². The van der Waals surface area contributed by atoms with Gasteiger partial charge in [0.15, 0.2) is 0 Å². The Morgan fingerprint density at radius 3 is 2.71 bits per heavy atom. The Balaban J connectivity index is 2.28. The second-order valence-electron chi connectivity index (χ2n) is 5.41. The van der Waals surface area contributed by atoms with E-state index in [0.29, 0.717) is 31.7 Å². The SMILES string of the molecule is CCNCc1ccc(N2CCC(CO)C2)c(C(F)(F)F)c1. The maximum atomic E-state index is 13.3. The van der Waals surface area contributed by atoms with E-state index in [4.69, 9.17) is 5.11 Å². The average molecular weight is 302 g/mol. The van der Waals surface area contributed by atoms with E-state index in [-0.39, 0.29) is 18.2 Å². The highest BCUT2D eigenvalue weighted by molar-refractivity contribution is 5.57. The van der Waals surface area contributed by atoms with E-state index in [1.54, 1.807) is 17.0 Å². The molecule has 2 N–H and O–H groups in total. The van der Waals surface area contributed by atoms with Gasteiger partial charge in [0.25, 0.3) is 0 Å². The molecule has 1 fully saturated rings. The first-order valence-electron chi connectivity index (χ1n) is 7.22. The van der Waals surface area contributed by atoms with Crippen molar-refractivity contribution in [2.75, 3.05) is 31.1 Å². The lowest BCUT2D eigenvalue weighted by Crippen LogP contribution is -2.24. The van der Waals surface area contributed by atoms with Gasteiger partial charge in [-0.2, -0.15) is 13.2 Å². The van der Waals surface area contributed by atoms with E-state index in [0.717, 1.165) is 6.42 Å². The average Bonchev–Trinajstić information content (AvgIpc) is 2.92. The molecule has 1 aromatic rings. The van der Waals surface area contributed by atoms with Crippen LogP contribution in [0.25, 0.3) is 0 Å². The summed E-state index contributed by atoms with van der Waals surface area (Å²) >= 11 is 0. The first-order chi connectivity index (χ1) is 9.95. The molecule has 0 saturated carbocycles. The first kappa shape index (κ1) is 16.1. The number of halogens is 3. The first-order valence-corrected chi connectivity index (χ1v) is 7.22. The Labute approximate surface area is 122 Å². The molecule has 3 nitrogen and oxygen atoms in total. The van der Waals surface area contributed by atoms with E-state index in [2.05, 4.69) is 5.32 Å². The highest BCUT2D eigenvalue weighted by Gasteiger charge is 2.36. The molecule has 1 unspecified atom stereocenters. The molecule has 0 aromatic heterocycles. The number of nitrogens with one attached hydrogen (secondary N) is 1. The van der Waals surface area contributed by atoms with Crippen molar-refractivity contribution in [2.45, 2.75) is 26.1 Å². The molecular formula is C15H21F3N2O. The summed E-state index contributed by atoms with van der Waals surface area (Å²) < 4.78 is 39.9. The lowest BCUT2D eigenvalue weighted by molar-refractivity contribution is -0.137. The quantitative estimate of drug-likeness (QED) is 0.878. The van der Waals surface area contributed by atoms with Crippen molar-refractivity contribution >= 4 is 5.69 Å². The van der Waals surface area contributed by atoms with Crippen molar-refractivity contribution in [3.05, 3.63) is 29.3 Å². The summed E-state index contributed by atoms with van der Waals surface area (Å²) in [6.07, 6.45) is -3.64. The standard InChI is InChI=1S/C15H21F3N2O/c1-2-19-8-11-3-4-14(13(7-11)15(16,17)18)20-6-5-12(9-20)10-21/h3-4,7,12,19,21H,2,5-6,8-10H2,1H3. The number of anilines is 1. The zero-order chi connectivity index (χ0) is 15.5. The van der Waals surface area contributed by atoms with Gasteiger partial charge in [-0.15, -0.1) is 0 Å². The largest absolute Gasteiger partial charge is 0.418 e. The Kier molecular flexibility index (Phi) is 5.11. The maximum absolute atomic E-state index is 13.3. The fourth-order valence-corrected chi connectivity index (χ4v) is 2.67. The van der Waals surface area contributed by atoms with Crippen LogP contribution in [0.3, 0.4) is 0 Å². The fraction of sp³-hybridized carbons (Fsp3) is 0.600. The molecule has 6 heteroatoms. The van der Waals surface area contributed by atoms with Crippen LogP contribution in [-0.2, 0) is 12.7 Å². The molecule has 21 heavy (non-hydrogen) atoms. The van der Waals surface area contributed by atoms with Gasteiger partial charge >= 0.3 is 6.18 Å². The number of aliphatic hydroxyl groups excluding tert-OH is 1. The van der Waals surface area contributed by atoms with Crippen LogP contribution in [0.15, 0.2) is 18.2 Å². The van der Waals surface area contributed by atoms with Crippen molar-refractivity contribution in [1.82, 2.24) is 5.32 Å². The molecule has 0 radical (unpaired) electrons. The van der Waals surface area contributed by atoms with Crippen LogP contribution in [-0.4, -0.2) is 31.3 Å². The Morgan fingerprint density at radius 2 is 2.14 bits per heavy atom. The zero-order valence-electron chi connectivity index (χ0n) is 12.1. The van der Waals surface area contributed by atoms with Gasteiger partial charge in [-0.25, -0.2) is 0 Å². The van der Waals surface area contributed by atoms with Gasteiger partial charge in [-0.3, -0.25) is 0 Å². The van der Waals surface area contributed by atoms with Crippen LogP contribution in [0.1, 0.15) is 24.5 Å². The number of hydrogen-bond donors (Lipinski definition) is 2. The predicted molar refractivity (Wildman–Crippen MR) is 76.2 cm³/mol. The Hall–Kier alpha value is -1.27. The summed E-state index contributed by atoms with van der Waals surface area (Å²) in [5.41, 5.74) is 0.265. The van der Waals surface area contributed by atoms with Crippen LogP contribution < -0.4 is 10.2 Å². The van der Waals surface area contributed by atoms with Crippen molar-refractivity contribution in [3.8, 4) is 0 Å². The maximum Gasteiger partial charge on any atom is 0.418 e. The molecule has 0 aliphatic carbocycles. The highest BCUT2D eigenvalue weighted by Crippen LogP contribution is 2.38. The number of rotatable bonds is 5. The van der Waals surface area contributed by atoms with Crippen molar-refractivity contribution in [3.63, 3.8) is 0 Å². The second kappa shape index (κ2) is 6.66. The van der Waals surface area contributed by atoms with E-state index in [1.165, 1.54) is 6.07 Å². The monoisotopic (exact) mass is 302 g/mol. The summed E-state index contributed by atoms with van der Waals surface area (Å²) in [6.45, 7) is 4.12. The topological polar surface area (TPSA) is 35.5 Å². The summed E-state index contributed by atoms with van der Waals surface area (Å²) in [5.74, 6) is 0.0625. The summed E-state index contributed by atoms with van der Waals surface area (Å²) in [4.78, 5) is 1.72. The molecule has 1 aliphatic rings. The lowest BCUT2D eigenvalue weighted by atomic mass is 10.1. The normalized spacial score (nSPS) is 19.3. The van der Waals surface area contributed by atoms with Crippen LogP contribution in [0.5, 0.6) is 0 Å². The molecule has 0 bridgehead atoms. The van der Waals surface area contributed by atoms with Gasteiger partial charge in [-0.05, 0) is 30.7 Å². The number of alkyl halides is 3. The molecule has 0 amide bonds. The molecule has 2 rings (SSSR count). The third-order valence-corrected chi connectivity index (χ3v) is 3.83. The van der Waals surface area contributed by atoms with Crippen LogP contribution in [0.2, 0.25) is 0 Å². The fourth-order valence-electron chi connectivity index (χ4n) is 2.67. The molecule has 1 atom stereocenters. The molecule has 0 spiro atoms. The lowest BCUT2D eigenvalue weighted by Gasteiger charge is -2.24. The van der Waals surface area contributed by atoms with Crippen molar-refractivity contribution < 1.29 is 18.3 Å². The van der Waals surface area contributed by atoms with Gasteiger partial charge in [0, 0.05) is 37.8 Å². The van der Waals surface area contributed by atoms with E-state index >= 15 is 0 Å². The van der Waals surface area contributed by atoms with Gasteiger partial charge in [0.05, 0.1) is 5.56 Å². The smallest absolute Gasteiger partial charge is 0.396 e. The van der Waals surface area contributed by atoms with Gasteiger partial charge < -0.3 is 15.3 Å². The summed E-state index contributed by atoms with van der Waals surface area (Å²) in [6, 6.07) is 4.51. The van der Waals surface area contributed by atoms with E-state index < -0.39 is 11.7 Å². The molecule has 1 saturated heterocycles. The zero-order valence-corrected chi connectivity index (χ0v) is 12.1. The highest BCUT2D eigenvalue weighted by atomic mass is 19.4. The second-order valence-corrected chi connectivity index (χ2v) is 5.41.